The van der Waals surface area contributed by atoms with Crippen LogP contribution in [0.15, 0.2) is 42.5 Å². The summed E-state index contributed by atoms with van der Waals surface area (Å²) in [5.41, 5.74) is 3.54. The van der Waals surface area contributed by atoms with Crippen LogP contribution in [0.4, 0.5) is 5.69 Å². The number of ether oxygens (including phenoxy) is 1. The lowest BCUT2D eigenvalue weighted by Crippen LogP contribution is -2.37. The van der Waals surface area contributed by atoms with Gasteiger partial charge in [-0.2, -0.15) is 0 Å². The van der Waals surface area contributed by atoms with Crippen LogP contribution in [0, 0.1) is 13.8 Å². The number of methoxy groups -OCH3 is 1. The number of nitrogens with one attached hydrogen (secondary N) is 1. The predicted molar refractivity (Wildman–Crippen MR) is 97.1 cm³/mol. The van der Waals surface area contributed by atoms with Crippen molar-refractivity contribution >= 4 is 17.5 Å². The van der Waals surface area contributed by atoms with Crippen molar-refractivity contribution in [2.24, 2.45) is 0 Å². The molecule has 2 aromatic rings. The molecule has 0 radical (unpaired) electrons. The third kappa shape index (κ3) is 3.82. The molecule has 0 saturated carbocycles. The molecule has 1 aliphatic heterocycles. The Labute approximate surface area is 147 Å². The first-order valence-electron chi connectivity index (χ1n) is 8.30. The Bertz CT molecular complexity index is 779. The number of hydrogen-bond donors (Lipinski definition) is 1. The topological polar surface area (TPSA) is 58.6 Å². The zero-order chi connectivity index (χ0) is 18.0. The summed E-state index contributed by atoms with van der Waals surface area (Å²) in [6.45, 7) is 4.41. The highest BCUT2D eigenvalue weighted by molar-refractivity contribution is 5.99. The number of carbonyl (C=O) groups excluding carboxylic acids is 2. The van der Waals surface area contributed by atoms with E-state index in [1.54, 1.807) is 12.0 Å². The fourth-order valence-corrected chi connectivity index (χ4v) is 3.19. The van der Waals surface area contributed by atoms with Crippen molar-refractivity contribution in [2.45, 2.75) is 26.3 Å². The SMILES string of the molecule is COc1ccc(N2CC(NC(=O)c3cc(C)cc(C)c3)CC2=O)cc1. The first kappa shape index (κ1) is 17.0. The van der Waals surface area contributed by atoms with Crippen LogP contribution < -0.4 is 15.0 Å². The molecule has 2 amide bonds. The summed E-state index contributed by atoms with van der Waals surface area (Å²) in [7, 11) is 1.61. The zero-order valence-corrected chi connectivity index (χ0v) is 14.7. The molecule has 0 bridgehead atoms. The van der Waals surface area contributed by atoms with E-state index in [2.05, 4.69) is 5.32 Å². The van der Waals surface area contributed by atoms with Crippen molar-refractivity contribution in [3.63, 3.8) is 0 Å². The Balaban J connectivity index is 1.68. The Morgan fingerprint density at radius 1 is 1.12 bits per heavy atom. The van der Waals surface area contributed by atoms with E-state index in [0.29, 0.717) is 18.5 Å². The van der Waals surface area contributed by atoms with Crippen molar-refractivity contribution in [2.75, 3.05) is 18.6 Å². The molecule has 5 heteroatoms. The first-order chi connectivity index (χ1) is 12.0. The lowest BCUT2D eigenvalue weighted by Gasteiger charge is -2.17. The van der Waals surface area contributed by atoms with Crippen LogP contribution in [0.2, 0.25) is 0 Å². The number of rotatable bonds is 4. The molecule has 130 valence electrons. The molecule has 0 aliphatic carbocycles. The minimum atomic E-state index is -0.192. The van der Waals surface area contributed by atoms with Gasteiger partial charge in [0, 0.05) is 24.2 Å². The van der Waals surface area contributed by atoms with Gasteiger partial charge < -0.3 is 15.0 Å². The van der Waals surface area contributed by atoms with Gasteiger partial charge in [0.1, 0.15) is 5.75 Å². The highest BCUT2D eigenvalue weighted by atomic mass is 16.5. The quantitative estimate of drug-likeness (QED) is 0.932. The highest BCUT2D eigenvalue weighted by Crippen LogP contribution is 2.24. The van der Waals surface area contributed by atoms with Gasteiger partial charge in [-0.25, -0.2) is 0 Å². The molecule has 1 aliphatic rings. The second-order valence-corrected chi connectivity index (χ2v) is 6.45. The monoisotopic (exact) mass is 338 g/mol. The van der Waals surface area contributed by atoms with Crippen molar-refractivity contribution in [3.05, 3.63) is 59.2 Å². The van der Waals surface area contributed by atoms with Gasteiger partial charge in [0.25, 0.3) is 5.91 Å². The minimum Gasteiger partial charge on any atom is -0.497 e. The summed E-state index contributed by atoms with van der Waals surface area (Å²) < 4.78 is 5.14. The van der Waals surface area contributed by atoms with E-state index in [1.807, 2.05) is 56.3 Å². The molecule has 1 atom stereocenters. The maximum absolute atomic E-state index is 12.5. The summed E-state index contributed by atoms with van der Waals surface area (Å²) in [4.78, 5) is 26.5. The van der Waals surface area contributed by atoms with Crippen LogP contribution in [0.5, 0.6) is 5.75 Å². The maximum Gasteiger partial charge on any atom is 0.251 e. The summed E-state index contributed by atoms with van der Waals surface area (Å²) in [5.74, 6) is 0.618. The largest absolute Gasteiger partial charge is 0.497 e. The summed E-state index contributed by atoms with van der Waals surface area (Å²) in [6.07, 6.45) is 0.308. The van der Waals surface area contributed by atoms with Crippen molar-refractivity contribution in [3.8, 4) is 5.75 Å². The molecule has 1 saturated heterocycles. The van der Waals surface area contributed by atoms with Gasteiger partial charge in [-0.05, 0) is 50.2 Å². The number of carbonyl (C=O) groups is 2. The summed E-state index contributed by atoms with van der Waals surface area (Å²) in [5, 5.41) is 2.98. The number of nitrogens with zero attached hydrogens (tertiary/aromatic N) is 1. The maximum atomic E-state index is 12.5. The Morgan fingerprint density at radius 2 is 1.76 bits per heavy atom. The third-order valence-corrected chi connectivity index (χ3v) is 4.33. The Hall–Kier alpha value is -2.82. The molecule has 25 heavy (non-hydrogen) atoms. The van der Waals surface area contributed by atoms with E-state index in [-0.39, 0.29) is 17.9 Å². The first-order valence-corrected chi connectivity index (χ1v) is 8.30. The molecule has 1 N–H and O–H groups in total. The second-order valence-electron chi connectivity index (χ2n) is 6.45. The van der Waals surface area contributed by atoms with Gasteiger partial charge in [-0.15, -0.1) is 0 Å². The zero-order valence-electron chi connectivity index (χ0n) is 14.7. The van der Waals surface area contributed by atoms with Crippen molar-refractivity contribution < 1.29 is 14.3 Å². The van der Waals surface area contributed by atoms with Gasteiger partial charge in [0.2, 0.25) is 5.91 Å². The highest BCUT2D eigenvalue weighted by Gasteiger charge is 2.31. The average molecular weight is 338 g/mol. The second kappa shape index (κ2) is 6.97. The molecule has 5 nitrogen and oxygen atoms in total. The summed E-state index contributed by atoms with van der Waals surface area (Å²) in [6, 6.07) is 12.9. The Kier molecular flexibility index (Phi) is 4.74. The minimum absolute atomic E-state index is 0.0101. The third-order valence-electron chi connectivity index (χ3n) is 4.33. The number of hydrogen-bond acceptors (Lipinski definition) is 3. The van der Waals surface area contributed by atoms with Gasteiger partial charge >= 0.3 is 0 Å². The van der Waals surface area contributed by atoms with Crippen LogP contribution in [0.1, 0.15) is 27.9 Å². The molecule has 0 aromatic heterocycles. The number of anilines is 1. The van der Waals surface area contributed by atoms with Crippen molar-refractivity contribution in [1.29, 1.82) is 0 Å². The van der Waals surface area contributed by atoms with E-state index in [1.165, 1.54) is 0 Å². The van der Waals surface area contributed by atoms with Crippen LogP contribution in [0.25, 0.3) is 0 Å². The number of aryl methyl sites for hydroxylation is 2. The molecule has 1 unspecified atom stereocenters. The molecular weight excluding hydrogens is 316 g/mol. The van der Waals surface area contributed by atoms with E-state index >= 15 is 0 Å². The predicted octanol–water partition coefficient (Wildman–Crippen LogP) is 2.85. The lowest BCUT2D eigenvalue weighted by atomic mass is 10.1. The van der Waals surface area contributed by atoms with E-state index in [0.717, 1.165) is 22.6 Å². The van der Waals surface area contributed by atoms with Gasteiger partial charge in [0.15, 0.2) is 0 Å². The van der Waals surface area contributed by atoms with E-state index in [4.69, 9.17) is 4.74 Å². The lowest BCUT2D eigenvalue weighted by molar-refractivity contribution is -0.117. The molecular formula is C20H22N2O3. The fourth-order valence-electron chi connectivity index (χ4n) is 3.19. The van der Waals surface area contributed by atoms with Crippen LogP contribution in [-0.2, 0) is 4.79 Å². The molecule has 3 rings (SSSR count). The Morgan fingerprint density at radius 3 is 2.36 bits per heavy atom. The standard InChI is InChI=1S/C20H22N2O3/c1-13-8-14(2)10-15(9-13)20(24)21-16-11-19(23)22(12-16)17-4-6-18(25-3)7-5-17/h4-10,16H,11-12H2,1-3H3,(H,21,24). The summed E-state index contributed by atoms with van der Waals surface area (Å²) >= 11 is 0. The van der Waals surface area contributed by atoms with Gasteiger partial charge in [-0.1, -0.05) is 17.2 Å². The molecule has 1 fully saturated rings. The molecule has 0 spiro atoms. The van der Waals surface area contributed by atoms with Crippen LogP contribution >= 0.6 is 0 Å². The van der Waals surface area contributed by atoms with Crippen LogP contribution in [-0.4, -0.2) is 31.5 Å². The van der Waals surface area contributed by atoms with Gasteiger partial charge in [-0.3, -0.25) is 9.59 Å². The van der Waals surface area contributed by atoms with E-state index < -0.39 is 0 Å². The normalized spacial score (nSPS) is 16.8. The van der Waals surface area contributed by atoms with Crippen molar-refractivity contribution in [1.82, 2.24) is 5.32 Å². The number of amides is 2. The number of benzene rings is 2. The smallest absolute Gasteiger partial charge is 0.251 e. The molecule has 1 heterocycles. The van der Waals surface area contributed by atoms with Gasteiger partial charge in [0.05, 0.1) is 13.2 Å². The molecule has 2 aromatic carbocycles. The van der Waals surface area contributed by atoms with E-state index in [9.17, 15) is 9.59 Å². The fraction of sp³-hybridized carbons (Fsp3) is 0.300. The van der Waals surface area contributed by atoms with Crippen LogP contribution in [0.3, 0.4) is 0 Å². The average Bonchev–Trinajstić information content (AvgIpc) is 2.94.